The van der Waals surface area contributed by atoms with Crippen molar-refractivity contribution in [3.8, 4) is 0 Å². The quantitative estimate of drug-likeness (QED) is 0.920. The van der Waals surface area contributed by atoms with Gasteiger partial charge in [-0.15, -0.1) is 11.3 Å². The number of rotatable bonds is 3. The van der Waals surface area contributed by atoms with Crippen LogP contribution in [0.3, 0.4) is 0 Å². The van der Waals surface area contributed by atoms with Gasteiger partial charge in [0.1, 0.15) is 4.88 Å². The normalized spacial score (nSPS) is 19.6. The number of hydrogen-bond donors (Lipinski definition) is 1. The minimum Gasteiger partial charge on any atom is -0.481 e. The Labute approximate surface area is 108 Å². The molecule has 1 atom stereocenters. The topological polar surface area (TPSA) is 57.6 Å². The van der Waals surface area contributed by atoms with E-state index in [0.29, 0.717) is 23.0 Å². The maximum absolute atomic E-state index is 12.1. The van der Waals surface area contributed by atoms with Crippen molar-refractivity contribution in [1.29, 1.82) is 0 Å². The smallest absolute Gasteiger partial charge is 0.303 e. The van der Waals surface area contributed by atoms with Gasteiger partial charge >= 0.3 is 5.97 Å². The Kier molecular flexibility index (Phi) is 3.69. The first-order valence-electron chi connectivity index (χ1n) is 5.32. The van der Waals surface area contributed by atoms with Crippen LogP contribution in [0.4, 0.5) is 0 Å². The summed E-state index contributed by atoms with van der Waals surface area (Å²) in [7, 11) is 0. The predicted octanol–water partition coefficient (Wildman–Crippen LogP) is 2.34. The highest BCUT2D eigenvalue weighted by Gasteiger charge is 2.29. The number of nitrogens with zero attached hydrogens (tertiary/aromatic N) is 1. The molecule has 0 radical (unpaired) electrons. The zero-order valence-electron chi connectivity index (χ0n) is 9.06. The second-order valence-electron chi connectivity index (χ2n) is 4.10. The maximum Gasteiger partial charge on any atom is 0.303 e. The first kappa shape index (κ1) is 12.4. The molecule has 1 saturated heterocycles. The molecular formula is C11H12ClNO3S. The number of aliphatic carboxylic acids is 1. The summed E-state index contributed by atoms with van der Waals surface area (Å²) in [5.74, 6) is -0.827. The molecule has 1 aliphatic heterocycles. The number of halogens is 1. The standard InChI is InChI=1S/C11H12ClNO3S/c12-8-2-4-17-10(8)11(16)13-3-1-7(6-13)5-9(14)15/h2,4,7H,1,3,5-6H2,(H,14,15). The van der Waals surface area contributed by atoms with E-state index in [1.165, 1.54) is 11.3 Å². The Balaban J connectivity index is 1.99. The third kappa shape index (κ3) is 2.79. The van der Waals surface area contributed by atoms with Gasteiger partial charge in [-0.25, -0.2) is 0 Å². The molecule has 1 aromatic heterocycles. The van der Waals surface area contributed by atoms with Crippen LogP contribution in [0.1, 0.15) is 22.5 Å². The summed E-state index contributed by atoms with van der Waals surface area (Å²) in [6, 6.07) is 1.70. The number of carbonyl (C=O) groups is 2. The number of amides is 1. The van der Waals surface area contributed by atoms with Gasteiger partial charge in [0.25, 0.3) is 5.91 Å². The summed E-state index contributed by atoms with van der Waals surface area (Å²) in [5.41, 5.74) is 0. The Morgan fingerprint density at radius 2 is 2.35 bits per heavy atom. The van der Waals surface area contributed by atoms with E-state index in [0.717, 1.165) is 6.42 Å². The van der Waals surface area contributed by atoms with Crippen LogP contribution < -0.4 is 0 Å². The van der Waals surface area contributed by atoms with Gasteiger partial charge in [-0.1, -0.05) is 11.6 Å². The van der Waals surface area contributed by atoms with Crippen LogP contribution in [0.2, 0.25) is 5.02 Å². The lowest BCUT2D eigenvalue weighted by atomic mass is 10.1. The molecule has 2 rings (SSSR count). The Bertz CT molecular complexity index is 446. The number of carbonyl (C=O) groups excluding carboxylic acids is 1. The number of hydrogen-bond acceptors (Lipinski definition) is 3. The largest absolute Gasteiger partial charge is 0.481 e. The number of thiophene rings is 1. The highest BCUT2D eigenvalue weighted by molar-refractivity contribution is 7.12. The van der Waals surface area contributed by atoms with E-state index in [-0.39, 0.29) is 18.2 Å². The molecule has 2 heterocycles. The summed E-state index contributed by atoms with van der Waals surface area (Å²) in [5, 5.41) is 11.0. The molecular weight excluding hydrogens is 262 g/mol. The molecule has 1 aromatic rings. The molecule has 1 unspecified atom stereocenters. The lowest BCUT2D eigenvalue weighted by molar-refractivity contribution is -0.138. The number of carboxylic acids is 1. The van der Waals surface area contributed by atoms with Crippen LogP contribution in [0.15, 0.2) is 11.4 Å². The van der Waals surface area contributed by atoms with Crippen LogP contribution in [-0.4, -0.2) is 35.0 Å². The summed E-state index contributed by atoms with van der Waals surface area (Å²) in [6.07, 6.45) is 0.878. The van der Waals surface area contributed by atoms with E-state index in [9.17, 15) is 9.59 Å². The van der Waals surface area contributed by atoms with Crippen molar-refractivity contribution in [1.82, 2.24) is 4.90 Å². The van der Waals surface area contributed by atoms with Crippen molar-refractivity contribution >= 4 is 34.8 Å². The highest BCUT2D eigenvalue weighted by atomic mass is 35.5. The summed E-state index contributed by atoms with van der Waals surface area (Å²) in [4.78, 5) is 24.9. The van der Waals surface area contributed by atoms with E-state index < -0.39 is 5.97 Å². The zero-order valence-corrected chi connectivity index (χ0v) is 10.6. The monoisotopic (exact) mass is 273 g/mol. The first-order chi connectivity index (χ1) is 8.08. The van der Waals surface area contributed by atoms with Crippen molar-refractivity contribution in [2.24, 2.45) is 5.92 Å². The lowest BCUT2D eigenvalue weighted by Crippen LogP contribution is -2.28. The molecule has 0 aliphatic carbocycles. The molecule has 4 nitrogen and oxygen atoms in total. The molecule has 1 amide bonds. The van der Waals surface area contributed by atoms with Gasteiger partial charge < -0.3 is 10.0 Å². The summed E-state index contributed by atoms with van der Waals surface area (Å²) < 4.78 is 0. The summed E-state index contributed by atoms with van der Waals surface area (Å²) in [6.45, 7) is 1.13. The predicted molar refractivity (Wildman–Crippen MR) is 65.6 cm³/mol. The van der Waals surface area contributed by atoms with Crippen molar-refractivity contribution in [2.75, 3.05) is 13.1 Å². The molecule has 1 N–H and O–H groups in total. The van der Waals surface area contributed by atoms with E-state index >= 15 is 0 Å². The molecule has 92 valence electrons. The van der Waals surface area contributed by atoms with Gasteiger partial charge in [-0.3, -0.25) is 9.59 Å². The molecule has 1 aliphatic rings. The van der Waals surface area contributed by atoms with Gasteiger partial charge in [0.05, 0.1) is 5.02 Å². The molecule has 17 heavy (non-hydrogen) atoms. The molecule has 0 bridgehead atoms. The van der Waals surface area contributed by atoms with E-state index in [2.05, 4.69) is 0 Å². The molecule has 0 spiro atoms. The minimum atomic E-state index is -0.807. The fraction of sp³-hybridized carbons (Fsp3) is 0.455. The van der Waals surface area contributed by atoms with Crippen molar-refractivity contribution in [3.05, 3.63) is 21.3 Å². The SMILES string of the molecule is O=C(O)CC1CCN(C(=O)c2sccc2Cl)C1. The molecule has 0 aromatic carbocycles. The average molecular weight is 274 g/mol. The van der Waals surface area contributed by atoms with Crippen molar-refractivity contribution in [2.45, 2.75) is 12.8 Å². The van der Waals surface area contributed by atoms with Crippen LogP contribution >= 0.6 is 22.9 Å². The summed E-state index contributed by atoms with van der Waals surface area (Å²) >= 11 is 7.22. The zero-order chi connectivity index (χ0) is 12.4. The lowest BCUT2D eigenvalue weighted by Gasteiger charge is -2.15. The van der Waals surface area contributed by atoms with Crippen LogP contribution in [0.25, 0.3) is 0 Å². The highest BCUT2D eigenvalue weighted by Crippen LogP contribution is 2.27. The van der Waals surface area contributed by atoms with E-state index in [4.69, 9.17) is 16.7 Å². The average Bonchev–Trinajstić information content (AvgIpc) is 2.85. The van der Waals surface area contributed by atoms with Crippen LogP contribution in [0.5, 0.6) is 0 Å². The van der Waals surface area contributed by atoms with Crippen molar-refractivity contribution in [3.63, 3.8) is 0 Å². The van der Waals surface area contributed by atoms with Gasteiger partial charge in [-0.05, 0) is 23.8 Å². The Morgan fingerprint density at radius 3 is 2.94 bits per heavy atom. The van der Waals surface area contributed by atoms with E-state index in [1.807, 2.05) is 0 Å². The van der Waals surface area contributed by atoms with Gasteiger partial charge in [0, 0.05) is 19.5 Å². The second-order valence-corrected chi connectivity index (χ2v) is 5.42. The minimum absolute atomic E-state index is 0.0650. The van der Waals surface area contributed by atoms with Gasteiger partial charge in [-0.2, -0.15) is 0 Å². The number of carboxylic acid groups (broad SMARTS) is 1. The fourth-order valence-corrected chi connectivity index (χ4v) is 3.12. The third-order valence-corrected chi connectivity index (χ3v) is 4.18. The first-order valence-corrected chi connectivity index (χ1v) is 6.57. The molecule has 0 saturated carbocycles. The Morgan fingerprint density at radius 1 is 1.59 bits per heavy atom. The van der Waals surface area contributed by atoms with Crippen molar-refractivity contribution < 1.29 is 14.7 Å². The van der Waals surface area contributed by atoms with E-state index in [1.54, 1.807) is 16.3 Å². The third-order valence-electron chi connectivity index (χ3n) is 2.85. The Hall–Kier alpha value is -1.07. The number of likely N-dealkylation sites (tertiary alicyclic amines) is 1. The maximum atomic E-state index is 12.1. The van der Waals surface area contributed by atoms with Crippen LogP contribution in [-0.2, 0) is 4.79 Å². The van der Waals surface area contributed by atoms with Gasteiger partial charge in [0.2, 0.25) is 0 Å². The second kappa shape index (κ2) is 5.06. The molecule has 6 heteroatoms. The fourth-order valence-electron chi connectivity index (χ4n) is 2.02. The van der Waals surface area contributed by atoms with Gasteiger partial charge in [0.15, 0.2) is 0 Å². The molecule has 1 fully saturated rings. The van der Waals surface area contributed by atoms with Crippen LogP contribution in [0, 0.1) is 5.92 Å².